The molecule has 2 unspecified atom stereocenters. The van der Waals surface area contributed by atoms with Crippen molar-refractivity contribution in [3.05, 3.63) is 10.6 Å². The van der Waals surface area contributed by atoms with E-state index < -0.39 is 0 Å². The van der Waals surface area contributed by atoms with E-state index in [0.29, 0.717) is 6.04 Å². The Morgan fingerprint density at radius 3 is 2.86 bits per heavy atom. The standard InChI is InChI=1S/C10H17N3S/c1-7-4-3-5-9(6-7)13-8(2)11-12-10(13)14/h7,9H,3-6H2,1-2H3,(H,12,14). The van der Waals surface area contributed by atoms with Crippen molar-refractivity contribution in [2.75, 3.05) is 0 Å². The number of aromatic amines is 1. The average molecular weight is 211 g/mol. The van der Waals surface area contributed by atoms with Gasteiger partial charge in [-0.05, 0) is 37.9 Å². The summed E-state index contributed by atoms with van der Waals surface area (Å²) in [6.45, 7) is 4.34. The number of hydrogen-bond donors (Lipinski definition) is 1. The molecule has 1 saturated carbocycles. The van der Waals surface area contributed by atoms with E-state index in [9.17, 15) is 0 Å². The van der Waals surface area contributed by atoms with Crippen LogP contribution in [0.2, 0.25) is 0 Å². The first-order chi connectivity index (χ1) is 6.68. The summed E-state index contributed by atoms with van der Waals surface area (Å²) in [6.07, 6.45) is 5.17. The molecule has 2 rings (SSSR count). The lowest BCUT2D eigenvalue weighted by molar-refractivity contribution is 0.277. The summed E-state index contributed by atoms with van der Waals surface area (Å²) in [4.78, 5) is 0. The van der Waals surface area contributed by atoms with Crippen molar-refractivity contribution in [1.82, 2.24) is 14.8 Å². The largest absolute Gasteiger partial charge is 0.301 e. The highest BCUT2D eigenvalue weighted by Gasteiger charge is 2.22. The minimum Gasteiger partial charge on any atom is -0.301 e. The van der Waals surface area contributed by atoms with Gasteiger partial charge in [0.1, 0.15) is 5.82 Å². The average Bonchev–Trinajstić information content (AvgIpc) is 2.46. The molecule has 4 heteroatoms. The fourth-order valence-electron chi connectivity index (χ4n) is 2.45. The van der Waals surface area contributed by atoms with Crippen LogP contribution in [0, 0.1) is 17.6 Å². The molecule has 2 atom stereocenters. The zero-order valence-corrected chi connectivity index (χ0v) is 9.60. The lowest BCUT2D eigenvalue weighted by atomic mass is 9.87. The van der Waals surface area contributed by atoms with Crippen LogP contribution in [-0.4, -0.2) is 14.8 Å². The van der Waals surface area contributed by atoms with E-state index >= 15 is 0 Å². The molecule has 1 N–H and O–H groups in total. The number of aryl methyl sites for hydroxylation is 1. The molecule has 0 amide bonds. The molecular weight excluding hydrogens is 194 g/mol. The fourth-order valence-corrected chi connectivity index (χ4v) is 2.78. The summed E-state index contributed by atoms with van der Waals surface area (Å²) in [5, 5.41) is 7.03. The molecule has 1 fully saturated rings. The van der Waals surface area contributed by atoms with Crippen LogP contribution in [0.15, 0.2) is 0 Å². The maximum Gasteiger partial charge on any atom is 0.195 e. The Hall–Kier alpha value is -0.640. The first-order valence-electron chi connectivity index (χ1n) is 5.32. The molecule has 3 nitrogen and oxygen atoms in total. The van der Waals surface area contributed by atoms with Crippen LogP contribution in [0.3, 0.4) is 0 Å². The van der Waals surface area contributed by atoms with Crippen LogP contribution in [0.1, 0.15) is 44.5 Å². The Labute approximate surface area is 89.5 Å². The molecule has 78 valence electrons. The van der Waals surface area contributed by atoms with Gasteiger partial charge in [0.25, 0.3) is 0 Å². The monoisotopic (exact) mass is 211 g/mol. The van der Waals surface area contributed by atoms with E-state index in [2.05, 4.69) is 21.7 Å². The molecule has 0 bridgehead atoms. The Bertz CT molecular complexity index is 366. The molecule has 0 radical (unpaired) electrons. The Kier molecular flexibility index (Phi) is 2.72. The molecule has 1 aliphatic carbocycles. The van der Waals surface area contributed by atoms with E-state index in [1.807, 2.05) is 6.92 Å². The molecule has 0 spiro atoms. The summed E-state index contributed by atoms with van der Waals surface area (Å²) in [7, 11) is 0. The smallest absolute Gasteiger partial charge is 0.195 e. The van der Waals surface area contributed by atoms with Crippen LogP contribution in [0.25, 0.3) is 0 Å². The Morgan fingerprint density at radius 2 is 2.29 bits per heavy atom. The van der Waals surface area contributed by atoms with Gasteiger partial charge in [0.15, 0.2) is 4.77 Å². The van der Waals surface area contributed by atoms with Crippen LogP contribution < -0.4 is 0 Å². The Balaban J connectivity index is 2.26. The third-order valence-electron chi connectivity index (χ3n) is 3.15. The minimum atomic E-state index is 0.574. The van der Waals surface area contributed by atoms with E-state index in [1.165, 1.54) is 25.7 Å². The highest BCUT2D eigenvalue weighted by Crippen LogP contribution is 2.32. The number of H-pyrrole nitrogens is 1. The van der Waals surface area contributed by atoms with Gasteiger partial charge < -0.3 is 4.57 Å². The minimum absolute atomic E-state index is 0.574. The predicted octanol–water partition coefficient (Wildman–Crippen LogP) is 3.00. The summed E-state index contributed by atoms with van der Waals surface area (Å²) in [6, 6.07) is 0.574. The fraction of sp³-hybridized carbons (Fsp3) is 0.800. The van der Waals surface area contributed by atoms with Crippen molar-refractivity contribution in [3.8, 4) is 0 Å². The molecule has 0 saturated heterocycles. The zero-order valence-electron chi connectivity index (χ0n) is 8.79. The van der Waals surface area contributed by atoms with Gasteiger partial charge in [-0.1, -0.05) is 19.8 Å². The quantitative estimate of drug-likeness (QED) is 0.724. The highest BCUT2D eigenvalue weighted by atomic mass is 32.1. The first-order valence-corrected chi connectivity index (χ1v) is 5.73. The van der Waals surface area contributed by atoms with Gasteiger partial charge in [-0.15, -0.1) is 0 Å². The molecule has 14 heavy (non-hydrogen) atoms. The predicted molar refractivity (Wildman–Crippen MR) is 58.8 cm³/mol. The van der Waals surface area contributed by atoms with Crippen LogP contribution in [0.5, 0.6) is 0 Å². The second-order valence-corrected chi connectivity index (χ2v) is 4.76. The number of hydrogen-bond acceptors (Lipinski definition) is 2. The van der Waals surface area contributed by atoms with E-state index in [-0.39, 0.29) is 0 Å². The van der Waals surface area contributed by atoms with Gasteiger partial charge in [-0.25, -0.2) is 0 Å². The van der Waals surface area contributed by atoms with Gasteiger partial charge in [0.2, 0.25) is 0 Å². The van der Waals surface area contributed by atoms with E-state index in [4.69, 9.17) is 12.2 Å². The van der Waals surface area contributed by atoms with Gasteiger partial charge in [-0.3, -0.25) is 5.10 Å². The number of aromatic nitrogens is 3. The van der Waals surface area contributed by atoms with E-state index in [0.717, 1.165) is 16.5 Å². The molecule has 1 aromatic heterocycles. The Morgan fingerprint density at radius 1 is 1.50 bits per heavy atom. The third kappa shape index (κ3) is 1.75. The van der Waals surface area contributed by atoms with Gasteiger partial charge in [0.05, 0.1) is 0 Å². The lowest BCUT2D eigenvalue weighted by Crippen LogP contribution is -2.18. The third-order valence-corrected chi connectivity index (χ3v) is 3.44. The van der Waals surface area contributed by atoms with Crippen molar-refractivity contribution in [1.29, 1.82) is 0 Å². The van der Waals surface area contributed by atoms with Crippen LogP contribution >= 0.6 is 12.2 Å². The highest BCUT2D eigenvalue weighted by molar-refractivity contribution is 7.71. The molecule has 1 aromatic rings. The molecule has 0 aliphatic heterocycles. The zero-order chi connectivity index (χ0) is 10.1. The number of nitrogens with one attached hydrogen (secondary N) is 1. The molecule has 1 heterocycles. The van der Waals surface area contributed by atoms with Crippen molar-refractivity contribution in [2.45, 2.75) is 45.6 Å². The van der Waals surface area contributed by atoms with Crippen molar-refractivity contribution >= 4 is 12.2 Å². The van der Waals surface area contributed by atoms with Gasteiger partial charge >= 0.3 is 0 Å². The van der Waals surface area contributed by atoms with Crippen molar-refractivity contribution in [2.24, 2.45) is 5.92 Å². The maximum atomic E-state index is 5.24. The van der Waals surface area contributed by atoms with Crippen LogP contribution in [0.4, 0.5) is 0 Å². The first kappa shape index (κ1) is 9.90. The van der Waals surface area contributed by atoms with Crippen molar-refractivity contribution in [3.63, 3.8) is 0 Å². The van der Waals surface area contributed by atoms with Gasteiger partial charge in [-0.2, -0.15) is 5.10 Å². The molecular formula is C10H17N3S. The number of rotatable bonds is 1. The summed E-state index contributed by atoms with van der Waals surface area (Å²) in [5.74, 6) is 1.85. The van der Waals surface area contributed by atoms with Crippen molar-refractivity contribution < 1.29 is 0 Å². The second-order valence-electron chi connectivity index (χ2n) is 4.37. The summed E-state index contributed by atoms with van der Waals surface area (Å²) >= 11 is 5.24. The van der Waals surface area contributed by atoms with Gasteiger partial charge in [0, 0.05) is 6.04 Å². The topological polar surface area (TPSA) is 33.6 Å². The molecule has 0 aromatic carbocycles. The SMILES string of the molecule is Cc1n[nH]c(=S)n1C1CCCC(C)C1. The summed E-state index contributed by atoms with van der Waals surface area (Å²) < 4.78 is 2.96. The van der Waals surface area contributed by atoms with Crippen LogP contribution in [-0.2, 0) is 0 Å². The van der Waals surface area contributed by atoms with E-state index in [1.54, 1.807) is 0 Å². The normalized spacial score (nSPS) is 27.9. The summed E-state index contributed by atoms with van der Waals surface area (Å²) in [5.41, 5.74) is 0. The maximum absolute atomic E-state index is 5.24. The lowest BCUT2D eigenvalue weighted by Gasteiger charge is -2.28. The second kappa shape index (κ2) is 3.85. The number of nitrogens with zero attached hydrogens (tertiary/aromatic N) is 2. The molecule has 1 aliphatic rings.